The number of rotatable bonds is 5. The van der Waals surface area contributed by atoms with E-state index in [0.717, 1.165) is 17.1 Å². The third kappa shape index (κ3) is 4.12. The minimum absolute atomic E-state index is 0.00997. The van der Waals surface area contributed by atoms with E-state index in [2.05, 4.69) is 170 Å². The summed E-state index contributed by atoms with van der Waals surface area (Å²) in [7, 11) is 0. The highest BCUT2D eigenvalue weighted by Gasteiger charge is 2.35. The summed E-state index contributed by atoms with van der Waals surface area (Å²) in [6.07, 6.45) is 0. The minimum atomic E-state index is -0.00997. The zero-order valence-electron chi connectivity index (χ0n) is 22.9. The molecule has 7 rings (SSSR count). The smallest absolute Gasteiger partial charge is 0.0468 e. The average molecular weight is 514 g/mol. The Bertz CT molecular complexity index is 1700. The van der Waals surface area contributed by atoms with Gasteiger partial charge < -0.3 is 4.90 Å². The van der Waals surface area contributed by atoms with Crippen molar-refractivity contribution in [2.75, 3.05) is 4.90 Å². The van der Waals surface area contributed by atoms with Crippen LogP contribution in [0, 0.1) is 0 Å². The van der Waals surface area contributed by atoms with Gasteiger partial charge in [0.15, 0.2) is 0 Å². The van der Waals surface area contributed by atoms with Crippen molar-refractivity contribution in [3.63, 3.8) is 0 Å². The molecule has 0 aromatic heterocycles. The molecule has 0 atom stereocenters. The molecule has 0 aliphatic heterocycles. The van der Waals surface area contributed by atoms with Crippen molar-refractivity contribution in [3.05, 3.63) is 163 Å². The van der Waals surface area contributed by atoms with Gasteiger partial charge in [0, 0.05) is 22.5 Å². The van der Waals surface area contributed by atoms with Gasteiger partial charge in [-0.25, -0.2) is 0 Å². The summed E-state index contributed by atoms with van der Waals surface area (Å²) in [5.41, 5.74) is 13.7. The molecule has 1 aliphatic rings. The lowest BCUT2D eigenvalue weighted by Gasteiger charge is -2.27. The van der Waals surface area contributed by atoms with Crippen LogP contribution >= 0.6 is 0 Å². The van der Waals surface area contributed by atoms with E-state index in [-0.39, 0.29) is 5.41 Å². The van der Waals surface area contributed by atoms with Crippen LogP contribution in [0.4, 0.5) is 17.1 Å². The monoisotopic (exact) mass is 513 g/mol. The molecule has 0 amide bonds. The molecule has 192 valence electrons. The first-order valence-corrected chi connectivity index (χ1v) is 14.0. The van der Waals surface area contributed by atoms with Gasteiger partial charge in [-0.2, -0.15) is 0 Å². The third-order valence-corrected chi connectivity index (χ3v) is 8.29. The second-order valence-electron chi connectivity index (χ2n) is 11.1. The van der Waals surface area contributed by atoms with E-state index >= 15 is 0 Å². The molecule has 0 N–H and O–H groups in total. The molecule has 6 aromatic rings. The third-order valence-electron chi connectivity index (χ3n) is 8.29. The Morgan fingerprint density at radius 1 is 0.375 bits per heavy atom. The molecule has 1 heteroatoms. The zero-order chi connectivity index (χ0) is 27.1. The molecule has 0 saturated carbocycles. The summed E-state index contributed by atoms with van der Waals surface area (Å²) in [6.45, 7) is 4.67. The maximum atomic E-state index is 2.37. The molecule has 0 heterocycles. The van der Waals surface area contributed by atoms with E-state index in [1.54, 1.807) is 0 Å². The average Bonchev–Trinajstić information content (AvgIpc) is 3.25. The number of nitrogens with zero attached hydrogens (tertiary/aromatic N) is 1. The quantitative estimate of drug-likeness (QED) is 0.222. The maximum Gasteiger partial charge on any atom is 0.0468 e. The van der Waals surface area contributed by atoms with Crippen molar-refractivity contribution in [2.45, 2.75) is 19.3 Å². The molecular formula is C39H31N. The summed E-state index contributed by atoms with van der Waals surface area (Å²) in [4.78, 5) is 2.37. The number of hydrogen-bond donors (Lipinski definition) is 0. The molecule has 0 radical (unpaired) electrons. The number of anilines is 3. The molecular weight excluding hydrogens is 482 g/mol. The molecule has 6 aromatic carbocycles. The first-order chi connectivity index (χ1) is 19.6. The Morgan fingerprint density at radius 2 is 0.800 bits per heavy atom. The van der Waals surface area contributed by atoms with Crippen molar-refractivity contribution in [3.8, 4) is 33.4 Å². The fourth-order valence-electron chi connectivity index (χ4n) is 6.16. The molecule has 0 fully saturated rings. The Hall–Kier alpha value is -4.88. The summed E-state index contributed by atoms with van der Waals surface area (Å²) in [6, 6.07) is 54.8. The van der Waals surface area contributed by atoms with Crippen molar-refractivity contribution in [1.82, 2.24) is 0 Å². The Balaban J connectivity index is 1.35. The van der Waals surface area contributed by atoms with Gasteiger partial charge in [0.25, 0.3) is 0 Å². The Kier molecular flexibility index (Phi) is 5.86. The lowest BCUT2D eigenvalue weighted by atomic mass is 9.82. The molecule has 40 heavy (non-hydrogen) atoms. The molecule has 1 nitrogen and oxygen atoms in total. The van der Waals surface area contributed by atoms with Gasteiger partial charge >= 0.3 is 0 Å². The summed E-state index contributed by atoms with van der Waals surface area (Å²) in [5.74, 6) is 0. The van der Waals surface area contributed by atoms with Crippen LogP contribution in [0.3, 0.4) is 0 Å². The number of fused-ring (bicyclic) bond motifs is 3. The molecule has 0 bridgehead atoms. The van der Waals surface area contributed by atoms with E-state index < -0.39 is 0 Å². The van der Waals surface area contributed by atoms with Crippen LogP contribution in [-0.2, 0) is 5.41 Å². The topological polar surface area (TPSA) is 3.24 Å². The van der Waals surface area contributed by atoms with Crippen LogP contribution in [-0.4, -0.2) is 0 Å². The van der Waals surface area contributed by atoms with Crippen molar-refractivity contribution >= 4 is 17.1 Å². The van der Waals surface area contributed by atoms with Crippen molar-refractivity contribution in [1.29, 1.82) is 0 Å². The predicted molar refractivity (Wildman–Crippen MR) is 170 cm³/mol. The lowest BCUT2D eigenvalue weighted by molar-refractivity contribution is 0.660. The molecule has 1 aliphatic carbocycles. The summed E-state index contributed by atoms with van der Waals surface area (Å²) in [5, 5.41) is 0. The predicted octanol–water partition coefficient (Wildman–Crippen LogP) is 10.8. The lowest BCUT2D eigenvalue weighted by Crippen LogP contribution is -2.15. The Morgan fingerprint density at radius 3 is 1.35 bits per heavy atom. The molecule has 0 unspecified atom stereocenters. The van der Waals surface area contributed by atoms with E-state index in [4.69, 9.17) is 0 Å². The fraction of sp³-hybridized carbons (Fsp3) is 0.0769. The second-order valence-corrected chi connectivity index (χ2v) is 11.1. The maximum absolute atomic E-state index is 2.37. The van der Waals surface area contributed by atoms with Crippen LogP contribution in [0.2, 0.25) is 0 Å². The molecule has 0 spiro atoms. The second kappa shape index (κ2) is 9.70. The van der Waals surface area contributed by atoms with E-state index in [9.17, 15) is 0 Å². The van der Waals surface area contributed by atoms with Crippen LogP contribution in [0.15, 0.2) is 152 Å². The number of benzene rings is 6. The first-order valence-electron chi connectivity index (χ1n) is 14.0. The van der Waals surface area contributed by atoms with Crippen LogP contribution in [0.1, 0.15) is 25.0 Å². The van der Waals surface area contributed by atoms with Gasteiger partial charge in [-0.3, -0.25) is 0 Å². The largest absolute Gasteiger partial charge is 0.310 e. The van der Waals surface area contributed by atoms with Gasteiger partial charge in [0.05, 0.1) is 0 Å². The summed E-state index contributed by atoms with van der Waals surface area (Å²) >= 11 is 0. The van der Waals surface area contributed by atoms with Gasteiger partial charge in [-0.15, -0.1) is 0 Å². The van der Waals surface area contributed by atoms with E-state index in [0.29, 0.717) is 0 Å². The molecule has 0 saturated heterocycles. The standard InChI is InChI=1S/C39H31N/c1-39(2)37-16-10-9-15-35(37)36-27-34(25-26-38(36)39)40(32-21-17-30(18-22-32)28-11-5-3-6-12-28)33-23-19-31(20-24-33)29-13-7-4-8-14-29/h3-27H,1-2H3. The highest BCUT2D eigenvalue weighted by Crippen LogP contribution is 2.50. The fourth-order valence-corrected chi connectivity index (χ4v) is 6.16. The van der Waals surface area contributed by atoms with Gasteiger partial charge in [-0.1, -0.05) is 129 Å². The normalized spacial score (nSPS) is 12.9. The summed E-state index contributed by atoms with van der Waals surface area (Å²) < 4.78 is 0. The SMILES string of the molecule is CC1(C)c2ccccc2-c2cc(N(c3ccc(-c4ccccc4)cc3)c3ccc(-c4ccccc4)cc3)ccc21. The zero-order valence-corrected chi connectivity index (χ0v) is 22.9. The first kappa shape index (κ1) is 24.2. The van der Waals surface area contributed by atoms with Crippen LogP contribution < -0.4 is 4.90 Å². The van der Waals surface area contributed by atoms with Gasteiger partial charge in [-0.05, 0) is 80.9 Å². The van der Waals surface area contributed by atoms with Crippen LogP contribution in [0.25, 0.3) is 33.4 Å². The van der Waals surface area contributed by atoms with Gasteiger partial charge in [0.2, 0.25) is 0 Å². The van der Waals surface area contributed by atoms with E-state index in [1.165, 1.54) is 44.5 Å². The highest BCUT2D eigenvalue weighted by molar-refractivity contribution is 5.87. The number of hydrogen-bond acceptors (Lipinski definition) is 1. The minimum Gasteiger partial charge on any atom is -0.310 e. The Labute approximate surface area is 237 Å². The highest BCUT2D eigenvalue weighted by atomic mass is 15.1. The van der Waals surface area contributed by atoms with Gasteiger partial charge in [0.1, 0.15) is 0 Å². The van der Waals surface area contributed by atoms with Crippen molar-refractivity contribution < 1.29 is 0 Å². The van der Waals surface area contributed by atoms with Crippen LogP contribution in [0.5, 0.6) is 0 Å². The van der Waals surface area contributed by atoms with Crippen molar-refractivity contribution in [2.24, 2.45) is 0 Å². The van der Waals surface area contributed by atoms with E-state index in [1.807, 2.05) is 0 Å².